The van der Waals surface area contributed by atoms with E-state index in [0.29, 0.717) is 19.2 Å². The van der Waals surface area contributed by atoms with Crippen LogP contribution in [-0.2, 0) is 32.3 Å². The average Bonchev–Trinajstić information content (AvgIpc) is 3.34. The number of benzene rings is 1. The number of hydrogen-bond acceptors (Lipinski definition) is 5. The SMILES string of the molecule is CCN(CC(=O)NCc1cccs1)C(=O)C1CCN(S(=O)(=O)c2cccc(C(F)(F)F)c2)CC1. The summed E-state index contributed by atoms with van der Waals surface area (Å²) in [7, 11) is -4.12. The van der Waals surface area contributed by atoms with E-state index < -0.39 is 32.6 Å². The van der Waals surface area contributed by atoms with E-state index in [0.717, 1.165) is 27.4 Å². The average molecular weight is 518 g/mol. The number of likely N-dealkylation sites (N-methyl/N-ethyl adjacent to an activating group) is 1. The molecule has 1 aromatic carbocycles. The number of carbonyl (C=O) groups excluding carboxylic acids is 2. The van der Waals surface area contributed by atoms with Crippen LogP contribution in [0.2, 0.25) is 0 Å². The summed E-state index contributed by atoms with van der Waals surface area (Å²) in [6.07, 6.45) is -4.20. The van der Waals surface area contributed by atoms with Crippen LogP contribution < -0.4 is 5.32 Å². The molecule has 1 fully saturated rings. The van der Waals surface area contributed by atoms with E-state index in [1.165, 1.54) is 16.2 Å². The van der Waals surface area contributed by atoms with Gasteiger partial charge >= 0.3 is 6.18 Å². The van der Waals surface area contributed by atoms with Gasteiger partial charge in [0.05, 0.1) is 23.5 Å². The minimum Gasteiger partial charge on any atom is -0.350 e. The van der Waals surface area contributed by atoms with Crippen LogP contribution in [-0.4, -0.2) is 55.6 Å². The molecule has 186 valence electrons. The second kappa shape index (κ2) is 10.9. The lowest BCUT2D eigenvalue weighted by atomic mass is 9.96. The van der Waals surface area contributed by atoms with Gasteiger partial charge in [0.1, 0.15) is 0 Å². The molecule has 1 saturated heterocycles. The third kappa shape index (κ3) is 6.36. The van der Waals surface area contributed by atoms with Crippen molar-refractivity contribution < 1.29 is 31.2 Å². The van der Waals surface area contributed by atoms with Gasteiger partial charge in [-0.2, -0.15) is 17.5 Å². The van der Waals surface area contributed by atoms with Gasteiger partial charge in [0.15, 0.2) is 0 Å². The third-order valence-electron chi connectivity index (χ3n) is 5.67. The maximum atomic E-state index is 13.0. The Balaban J connectivity index is 1.57. The number of rotatable bonds is 8. The Hall–Kier alpha value is -2.44. The van der Waals surface area contributed by atoms with Crippen molar-refractivity contribution in [2.45, 2.75) is 37.4 Å². The first-order valence-corrected chi connectivity index (χ1v) is 13.1. The van der Waals surface area contributed by atoms with Crippen LogP contribution in [0.1, 0.15) is 30.2 Å². The van der Waals surface area contributed by atoms with Gasteiger partial charge < -0.3 is 10.2 Å². The largest absolute Gasteiger partial charge is 0.416 e. The first-order chi connectivity index (χ1) is 16.0. The van der Waals surface area contributed by atoms with Crippen LogP contribution in [0.5, 0.6) is 0 Å². The van der Waals surface area contributed by atoms with Gasteiger partial charge in [0.25, 0.3) is 0 Å². The number of sulfonamides is 1. The Bertz CT molecular complexity index is 1100. The summed E-state index contributed by atoms with van der Waals surface area (Å²) >= 11 is 1.52. The summed E-state index contributed by atoms with van der Waals surface area (Å²) in [4.78, 5) is 27.2. The fourth-order valence-electron chi connectivity index (χ4n) is 3.76. The molecule has 1 aliphatic rings. The molecule has 0 bridgehead atoms. The van der Waals surface area contributed by atoms with Crippen molar-refractivity contribution in [2.75, 3.05) is 26.2 Å². The molecule has 12 heteroatoms. The van der Waals surface area contributed by atoms with E-state index in [4.69, 9.17) is 0 Å². The molecule has 1 aliphatic heterocycles. The number of hydrogen-bond donors (Lipinski definition) is 1. The first-order valence-electron chi connectivity index (χ1n) is 10.8. The first kappa shape index (κ1) is 26.2. The molecule has 7 nitrogen and oxygen atoms in total. The van der Waals surface area contributed by atoms with Crippen molar-refractivity contribution >= 4 is 33.2 Å². The fourth-order valence-corrected chi connectivity index (χ4v) is 5.92. The molecule has 3 rings (SSSR count). The molecule has 1 N–H and O–H groups in total. The zero-order chi connectivity index (χ0) is 24.9. The summed E-state index contributed by atoms with van der Waals surface area (Å²) in [5.41, 5.74) is -1.03. The molecule has 2 amide bonds. The Kier molecular flexibility index (Phi) is 8.37. The fraction of sp³-hybridized carbons (Fsp3) is 0.455. The van der Waals surface area contributed by atoms with Gasteiger partial charge in [-0.1, -0.05) is 12.1 Å². The second-order valence-corrected chi connectivity index (χ2v) is 10.9. The Labute approximate surface area is 200 Å². The highest BCUT2D eigenvalue weighted by atomic mass is 32.2. The maximum Gasteiger partial charge on any atom is 0.416 e. The number of piperidine rings is 1. The second-order valence-electron chi connectivity index (χ2n) is 7.91. The molecule has 0 spiro atoms. The van der Waals surface area contributed by atoms with Gasteiger partial charge in [-0.05, 0) is 49.4 Å². The minimum atomic E-state index is -4.65. The number of thiophene rings is 1. The van der Waals surface area contributed by atoms with Gasteiger partial charge in [0.2, 0.25) is 21.8 Å². The molecular weight excluding hydrogens is 491 g/mol. The van der Waals surface area contributed by atoms with Crippen molar-refractivity contribution in [2.24, 2.45) is 5.92 Å². The van der Waals surface area contributed by atoms with Crippen LogP contribution in [0, 0.1) is 5.92 Å². The highest BCUT2D eigenvalue weighted by Crippen LogP contribution is 2.32. The quantitative estimate of drug-likeness (QED) is 0.582. The lowest BCUT2D eigenvalue weighted by Crippen LogP contribution is -2.47. The van der Waals surface area contributed by atoms with E-state index in [9.17, 15) is 31.2 Å². The number of amides is 2. The number of alkyl halides is 3. The Morgan fingerprint density at radius 1 is 1.18 bits per heavy atom. The Morgan fingerprint density at radius 2 is 1.88 bits per heavy atom. The van der Waals surface area contributed by atoms with E-state index in [-0.39, 0.29) is 44.3 Å². The highest BCUT2D eigenvalue weighted by molar-refractivity contribution is 7.89. The van der Waals surface area contributed by atoms with Crippen molar-refractivity contribution in [3.05, 3.63) is 52.2 Å². The maximum absolute atomic E-state index is 13.0. The molecule has 0 atom stereocenters. The molecule has 0 unspecified atom stereocenters. The van der Waals surface area contributed by atoms with E-state index in [2.05, 4.69) is 5.32 Å². The normalized spacial score (nSPS) is 15.8. The standard InChI is InChI=1S/C22H26F3N3O4S2/c1-2-27(15-20(29)26-14-18-6-4-12-33-18)21(30)16-8-10-28(11-9-16)34(31,32)19-7-3-5-17(13-19)22(23,24)25/h3-7,12-13,16H,2,8-11,14-15H2,1H3,(H,26,29). The highest BCUT2D eigenvalue weighted by Gasteiger charge is 2.36. The van der Waals surface area contributed by atoms with Crippen LogP contribution in [0.15, 0.2) is 46.7 Å². The zero-order valence-electron chi connectivity index (χ0n) is 18.5. The smallest absolute Gasteiger partial charge is 0.350 e. The lowest BCUT2D eigenvalue weighted by molar-refractivity contribution is -0.140. The predicted octanol–water partition coefficient (Wildman–Crippen LogP) is 3.33. The van der Waals surface area contributed by atoms with Crippen molar-refractivity contribution in [3.63, 3.8) is 0 Å². The van der Waals surface area contributed by atoms with Crippen molar-refractivity contribution in [1.29, 1.82) is 0 Å². The summed E-state index contributed by atoms with van der Waals surface area (Å²) in [5, 5.41) is 4.68. The monoisotopic (exact) mass is 517 g/mol. The molecular formula is C22H26F3N3O4S2. The third-order valence-corrected chi connectivity index (χ3v) is 8.44. The Morgan fingerprint density at radius 3 is 2.47 bits per heavy atom. The van der Waals surface area contributed by atoms with Crippen LogP contribution in [0.25, 0.3) is 0 Å². The number of nitrogens with zero attached hydrogens (tertiary/aromatic N) is 2. The van der Waals surface area contributed by atoms with Crippen molar-refractivity contribution in [1.82, 2.24) is 14.5 Å². The van der Waals surface area contributed by atoms with Crippen LogP contribution >= 0.6 is 11.3 Å². The topological polar surface area (TPSA) is 86.8 Å². The minimum absolute atomic E-state index is 0.0110. The molecule has 1 aromatic heterocycles. The molecule has 0 aliphatic carbocycles. The molecule has 0 saturated carbocycles. The number of carbonyl (C=O) groups is 2. The van der Waals surface area contributed by atoms with Gasteiger partial charge in [-0.3, -0.25) is 9.59 Å². The molecule has 34 heavy (non-hydrogen) atoms. The van der Waals surface area contributed by atoms with Crippen molar-refractivity contribution in [3.8, 4) is 0 Å². The van der Waals surface area contributed by atoms with E-state index >= 15 is 0 Å². The van der Waals surface area contributed by atoms with E-state index in [1.807, 2.05) is 17.5 Å². The number of nitrogens with one attached hydrogen (secondary N) is 1. The number of halogens is 3. The van der Waals surface area contributed by atoms with Crippen LogP contribution in [0.3, 0.4) is 0 Å². The van der Waals surface area contributed by atoms with E-state index in [1.54, 1.807) is 6.92 Å². The van der Waals surface area contributed by atoms with Gasteiger partial charge in [0, 0.05) is 30.4 Å². The summed E-state index contributed by atoms with van der Waals surface area (Å²) in [6, 6.07) is 7.42. The lowest BCUT2D eigenvalue weighted by Gasteiger charge is -2.33. The zero-order valence-corrected chi connectivity index (χ0v) is 20.2. The molecule has 0 radical (unpaired) electrons. The molecule has 2 heterocycles. The summed E-state index contributed by atoms with van der Waals surface area (Å²) in [5.74, 6) is -0.976. The van der Waals surface area contributed by atoms with Gasteiger partial charge in [-0.15, -0.1) is 11.3 Å². The van der Waals surface area contributed by atoms with Crippen LogP contribution in [0.4, 0.5) is 13.2 Å². The van der Waals surface area contributed by atoms with Gasteiger partial charge in [-0.25, -0.2) is 8.42 Å². The summed E-state index contributed by atoms with van der Waals surface area (Å²) in [6.45, 7) is 2.40. The predicted molar refractivity (Wildman–Crippen MR) is 121 cm³/mol. The molecule has 2 aromatic rings. The summed E-state index contributed by atoms with van der Waals surface area (Å²) < 4.78 is 65.8.